The Morgan fingerprint density at radius 2 is 1.32 bits per heavy atom. The predicted octanol–water partition coefficient (Wildman–Crippen LogP) is 7.91. The molecule has 3 aromatic carbocycles. The van der Waals surface area contributed by atoms with E-state index in [1.54, 1.807) is 6.07 Å². The monoisotopic (exact) mass is 481 g/mol. The summed E-state index contributed by atoms with van der Waals surface area (Å²) in [5, 5.41) is 3.46. The van der Waals surface area contributed by atoms with Gasteiger partial charge in [-0.3, -0.25) is 4.79 Å². The van der Waals surface area contributed by atoms with Gasteiger partial charge in [0.2, 0.25) is 0 Å². The van der Waals surface area contributed by atoms with Crippen LogP contribution in [0.4, 0.5) is 0 Å². The molecule has 1 atom stereocenters. The largest absolute Gasteiger partial charge is 0.453 e. The average Bonchev–Trinajstić information content (AvgIpc) is 2.77. The van der Waals surface area contributed by atoms with Gasteiger partial charge in [-0.2, -0.15) is 0 Å². The third-order valence-corrected chi connectivity index (χ3v) is 5.47. The number of Topliss-reactive ketones (excluding diaryl/α,β-unsaturated/α-hetero) is 1. The summed E-state index contributed by atoms with van der Waals surface area (Å²) in [6.07, 6.45) is 0.762. The van der Waals surface area contributed by atoms with Crippen molar-refractivity contribution in [1.29, 1.82) is 0 Å². The number of halogens is 1. The first kappa shape index (κ1) is 27.4. The van der Waals surface area contributed by atoms with E-state index in [-0.39, 0.29) is 29.6 Å². The van der Waals surface area contributed by atoms with Gasteiger partial charge in [-0.15, -0.1) is 12.4 Å². The zero-order valence-electron chi connectivity index (χ0n) is 21.0. The molecule has 0 aliphatic carbocycles. The molecule has 0 spiro atoms. The number of hydrogen-bond donors (Lipinski definition) is 1. The van der Waals surface area contributed by atoms with Crippen molar-refractivity contribution in [3.8, 4) is 23.0 Å². The third kappa shape index (κ3) is 7.89. The maximum absolute atomic E-state index is 13.3. The topological polar surface area (TPSA) is 47.6 Å². The van der Waals surface area contributed by atoms with Crippen LogP contribution in [0.3, 0.4) is 0 Å². The number of ether oxygens (including phenoxy) is 2. The molecule has 0 aliphatic rings. The Labute approximate surface area is 210 Å². The fourth-order valence-electron chi connectivity index (χ4n) is 3.38. The van der Waals surface area contributed by atoms with Gasteiger partial charge in [-0.1, -0.05) is 42.3 Å². The molecule has 1 N–H and O–H groups in total. The van der Waals surface area contributed by atoms with Crippen LogP contribution in [0.5, 0.6) is 23.0 Å². The van der Waals surface area contributed by atoms with Crippen LogP contribution >= 0.6 is 12.4 Å². The second kappa shape index (κ2) is 12.0. The standard InChI is InChI=1S/C29H35NO3.ClH/c1-7-22(19-30-29(4,5)6)28(31)23-12-17-26(32-24-13-8-20(2)9-14-24)27(18-23)33-25-15-10-21(3)11-16-25;/h8-18,22,30H,7,19H2,1-6H3;1H. The van der Waals surface area contributed by atoms with Crippen molar-refractivity contribution in [2.75, 3.05) is 6.54 Å². The second-order valence-electron chi connectivity index (χ2n) is 9.59. The number of carbonyl (C=O) groups is 1. The summed E-state index contributed by atoms with van der Waals surface area (Å²) >= 11 is 0. The van der Waals surface area contributed by atoms with E-state index in [1.165, 1.54) is 0 Å². The lowest BCUT2D eigenvalue weighted by Gasteiger charge is -2.24. The molecule has 4 nitrogen and oxygen atoms in total. The van der Waals surface area contributed by atoms with E-state index in [0.717, 1.165) is 17.5 Å². The van der Waals surface area contributed by atoms with E-state index in [4.69, 9.17) is 9.47 Å². The van der Waals surface area contributed by atoms with Gasteiger partial charge in [0.1, 0.15) is 11.5 Å². The van der Waals surface area contributed by atoms with E-state index >= 15 is 0 Å². The van der Waals surface area contributed by atoms with Gasteiger partial charge < -0.3 is 14.8 Å². The Bertz CT molecular complexity index is 1070. The van der Waals surface area contributed by atoms with Crippen molar-refractivity contribution < 1.29 is 14.3 Å². The molecule has 3 aromatic rings. The van der Waals surface area contributed by atoms with E-state index in [0.29, 0.717) is 35.1 Å². The molecule has 0 aromatic heterocycles. The van der Waals surface area contributed by atoms with Gasteiger partial charge in [0.05, 0.1) is 0 Å². The van der Waals surface area contributed by atoms with Gasteiger partial charge in [0.15, 0.2) is 17.3 Å². The lowest BCUT2D eigenvalue weighted by Crippen LogP contribution is -2.40. The molecule has 0 saturated heterocycles. The smallest absolute Gasteiger partial charge is 0.170 e. The molecule has 5 heteroatoms. The Balaban J connectivity index is 0.00000408. The molecule has 0 heterocycles. The molecule has 182 valence electrons. The zero-order valence-corrected chi connectivity index (χ0v) is 21.8. The van der Waals surface area contributed by atoms with Crippen molar-refractivity contribution in [3.05, 3.63) is 83.4 Å². The maximum atomic E-state index is 13.3. The minimum atomic E-state index is -0.111. The highest BCUT2D eigenvalue weighted by molar-refractivity contribution is 5.98. The van der Waals surface area contributed by atoms with Crippen molar-refractivity contribution >= 4 is 18.2 Å². The van der Waals surface area contributed by atoms with Gasteiger partial charge in [0.25, 0.3) is 0 Å². The second-order valence-corrected chi connectivity index (χ2v) is 9.59. The summed E-state index contributed by atoms with van der Waals surface area (Å²) in [7, 11) is 0. The number of aryl methyl sites for hydroxylation is 2. The van der Waals surface area contributed by atoms with Crippen molar-refractivity contribution in [2.24, 2.45) is 5.92 Å². The van der Waals surface area contributed by atoms with E-state index in [2.05, 4.69) is 26.1 Å². The van der Waals surface area contributed by atoms with Crippen LogP contribution in [0.25, 0.3) is 0 Å². The van der Waals surface area contributed by atoms with E-state index in [9.17, 15) is 4.79 Å². The highest BCUT2D eigenvalue weighted by atomic mass is 35.5. The molecular weight excluding hydrogens is 446 g/mol. The quantitative estimate of drug-likeness (QED) is 0.315. The summed E-state index contributed by atoms with van der Waals surface area (Å²) in [4.78, 5) is 13.3. The molecule has 0 radical (unpaired) electrons. The minimum absolute atomic E-state index is 0. The lowest BCUT2D eigenvalue weighted by atomic mass is 9.94. The molecule has 1 unspecified atom stereocenters. The highest BCUT2D eigenvalue weighted by Gasteiger charge is 2.22. The lowest BCUT2D eigenvalue weighted by molar-refractivity contribution is 0.0910. The molecule has 0 amide bonds. The summed E-state index contributed by atoms with van der Waals surface area (Å²) in [5.74, 6) is 2.49. The molecule has 0 aliphatic heterocycles. The first-order valence-corrected chi connectivity index (χ1v) is 11.6. The van der Waals surface area contributed by atoms with Gasteiger partial charge in [-0.25, -0.2) is 0 Å². The molecule has 34 heavy (non-hydrogen) atoms. The van der Waals surface area contributed by atoms with Gasteiger partial charge >= 0.3 is 0 Å². The minimum Gasteiger partial charge on any atom is -0.453 e. The molecule has 0 bridgehead atoms. The molecule has 3 rings (SSSR count). The predicted molar refractivity (Wildman–Crippen MR) is 142 cm³/mol. The maximum Gasteiger partial charge on any atom is 0.170 e. The van der Waals surface area contributed by atoms with Crippen LogP contribution in [-0.2, 0) is 0 Å². The summed E-state index contributed by atoms with van der Waals surface area (Å²) in [6, 6.07) is 21.1. The van der Waals surface area contributed by atoms with Gasteiger partial charge in [0, 0.05) is 23.6 Å². The Kier molecular flexibility index (Phi) is 9.72. The number of nitrogens with one attached hydrogen (secondary N) is 1. The summed E-state index contributed by atoms with van der Waals surface area (Å²) < 4.78 is 12.3. The van der Waals surface area contributed by atoms with Crippen LogP contribution in [0.1, 0.15) is 55.6 Å². The first-order valence-electron chi connectivity index (χ1n) is 11.6. The average molecular weight is 482 g/mol. The highest BCUT2D eigenvalue weighted by Crippen LogP contribution is 2.36. The number of ketones is 1. The Morgan fingerprint density at radius 3 is 1.79 bits per heavy atom. The van der Waals surface area contributed by atoms with E-state index < -0.39 is 0 Å². The summed E-state index contributed by atoms with van der Waals surface area (Å²) in [5.41, 5.74) is 2.89. The van der Waals surface area contributed by atoms with Crippen molar-refractivity contribution in [2.45, 2.75) is 53.5 Å². The normalized spacial score (nSPS) is 11.9. The third-order valence-electron chi connectivity index (χ3n) is 5.47. The van der Waals surface area contributed by atoms with Crippen LogP contribution in [0.2, 0.25) is 0 Å². The van der Waals surface area contributed by atoms with Crippen LogP contribution in [0, 0.1) is 19.8 Å². The van der Waals surface area contributed by atoms with Crippen molar-refractivity contribution in [1.82, 2.24) is 5.32 Å². The zero-order chi connectivity index (χ0) is 24.0. The first-order chi connectivity index (χ1) is 15.6. The van der Waals surface area contributed by atoms with E-state index in [1.807, 2.05) is 81.4 Å². The molecular formula is C29H36ClNO3. The van der Waals surface area contributed by atoms with Crippen molar-refractivity contribution in [3.63, 3.8) is 0 Å². The van der Waals surface area contributed by atoms with Gasteiger partial charge in [-0.05, 0) is 83.5 Å². The number of carbonyl (C=O) groups excluding carboxylic acids is 1. The number of rotatable bonds is 9. The van der Waals surface area contributed by atoms with Crippen LogP contribution in [-0.4, -0.2) is 17.9 Å². The van der Waals surface area contributed by atoms with Crippen LogP contribution in [0.15, 0.2) is 66.7 Å². The Hall–Kier alpha value is -2.82. The molecule has 0 fully saturated rings. The fourth-order valence-corrected chi connectivity index (χ4v) is 3.38. The summed E-state index contributed by atoms with van der Waals surface area (Å²) in [6.45, 7) is 13.1. The fraction of sp³-hybridized carbons (Fsp3) is 0.345. The Morgan fingerprint density at radius 1 is 0.824 bits per heavy atom. The number of hydrogen-bond acceptors (Lipinski definition) is 4. The molecule has 0 saturated carbocycles. The SMILES string of the molecule is CCC(CNC(C)(C)C)C(=O)c1ccc(Oc2ccc(C)cc2)c(Oc2ccc(C)cc2)c1.Cl. The number of benzene rings is 3. The van der Waals surface area contributed by atoms with Crippen LogP contribution < -0.4 is 14.8 Å².